The van der Waals surface area contributed by atoms with Crippen LogP contribution in [-0.2, 0) is 42.5 Å². The molecular weight excluding hydrogens is 336 g/mol. The molecule has 6 nitrogen and oxygen atoms in total. The largest absolute Gasteiger partial charge is 0.483 e. The van der Waals surface area contributed by atoms with Gasteiger partial charge in [-0.25, -0.2) is 0 Å². The molecule has 2 aromatic carbocycles. The van der Waals surface area contributed by atoms with Crippen LogP contribution in [-0.4, -0.2) is 34.7 Å². The second-order valence-electron chi connectivity index (χ2n) is 3.71. The first-order chi connectivity index (χ1) is 10.7. The summed E-state index contributed by atoms with van der Waals surface area (Å²) in [6.45, 7) is -0.750. The Morgan fingerprint density at radius 1 is 0.826 bits per heavy atom. The first-order valence-electron chi connectivity index (χ1n) is 6.01. The molecule has 0 heterocycles. The molecule has 0 radical (unpaired) electrons. The maximum Gasteiger partial charge on any atom is 0.290 e. The van der Waals surface area contributed by atoms with Gasteiger partial charge in [0.15, 0.2) is 0 Å². The summed E-state index contributed by atoms with van der Waals surface area (Å²) in [5.74, 6) is 0. The van der Waals surface area contributed by atoms with Crippen molar-refractivity contribution in [3.05, 3.63) is 59.7 Å². The first kappa shape index (κ1) is 22.8. The molecule has 1 aliphatic carbocycles. The summed E-state index contributed by atoms with van der Waals surface area (Å²) in [5.41, 5.74) is 5.51. The molecule has 7 heteroatoms. The Balaban J connectivity index is 0. The number of hydrogen-bond acceptors (Lipinski definition) is 3. The summed E-state index contributed by atoms with van der Waals surface area (Å²) in [6, 6.07) is 18.1. The van der Waals surface area contributed by atoms with Crippen molar-refractivity contribution < 1.29 is 51.4 Å². The van der Waals surface area contributed by atoms with Crippen LogP contribution in [0, 0.1) is 6.07 Å². The Morgan fingerprint density at radius 3 is 1.87 bits per heavy atom. The third-order valence-electron chi connectivity index (χ3n) is 2.62. The number of carbonyl (C=O) groups is 3. The van der Waals surface area contributed by atoms with Gasteiger partial charge in [-0.3, -0.25) is 14.4 Å². The van der Waals surface area contributed by atoms with Crippen LogP contribution in [0.15, 0.2) is 42.5 Å². The molecule has 0 atom stereocenters. The second kappa shape index (κ2) is 14.5. The normalized spacial score (nSPS) is 8.52. The van der Waals surface area contributed by atoms with Gasteiger partial charge in [0, 0.05) is 21.7 Å². The van der Waals surface area contributed by atoms with Crippen molar-refractivity contribution in [2.45, 2.75) is 6.42 Å². The third kappa shape index (κ3) is 7.94. The van der Waals surface area contributed by atoms with E-state index >= 15 is 0 Å². The molecule has 1 aliphatic rings. The number of carboxylic acid groups (broad SMARTS) is 3. The monoisotopic (exact) mass is 351 g/mol. The SMILES string of the molecule is O=CO.O=CO.O=CO.[Ti].[c-]1cccc2c1Cc1ccccc1-2. The van der Waals surface area contributed by atoms with E-state index in [1.165, 1.54) is 22.3 Å². The molecule has 3 N–H and O–H groups in total. The molecule has 2 aromatic rings. The van der Waals surface area contributed by atoms with Gasteiger partial charge in [-0.2, -0.15) is 29.8 Å². The smallest absolute Gasteiger partial charge is 0.290 e. The molecule has 0 aromatic heterocycles. The average Bonchev–Trinajstić information content (AvgIpc) is 2.88. The predicted molar refractivity (Wildman–Crippen MR) is 79.6 cm³/mol. The second-order valence-corrected chi connectivity index (χ2v) is 3.71. The van der Waals surface area contributed by atoms with Gasteiger partial charge in [-0.1, -0.05) is 35.4 Å². The van der Waals surface area contributed by atoms with Crippen LogP contribution < -0.4 is 0 Å². The Labute approximate surface area is 148 Å². The summed E-state index contributed by atoms with van der Waals surface area (Å²) in [6.07, 6.45) is 1.05. The molecule has 0 saturated heterocycles. The van der Waals surface area contributed by atoms with E-state index < -0.39 is 0 Å². The maximum absolute atomic E-state index is 8.36. The van der Waals surface area contributed by atoms with E-state index in [0.29, 0.717) is 0 Å². The van der Waals surface area contributed by atoms with E-state index in [1.807, 2.05) is 6.07 Å². The third-order valence-corrected chi connectivity index (χ3v) is 2.62. The zero-order chi connectivity index (χ0) is 16.8. The predicted octanol–water partition coefficient (Wildman–Crippen LogP) is 2.16. The van der Waals surface area contributed by atoms with Gasteiger partial charge in [-0.05, 0) is 6.42 Å². The van der Waals surface area contributed by atoms with Gasteiger partial charge in [0.25, 0.3) is 19.4 Å². The van der Waals surface area contributed by atoms with Crippen LogP contribution in [0.2, 0.25) is 0 Å². The van der Waals surface area contributed by atoms with Gasteiger partial charge >= 0.3 is 0 Å². The fourth-order valence-electron chi connectivity index (χ4n) is 2.00. The van der Waals surface area contributed by atoms with Gasteiger partial charge < -0.3 is 15.3 Å². The summed E-state index contributed by atoms with van der Waals surface area (Å²) in [4.78, 5) is 25.1. The van der Waals surface area contributed by atoms with Crippen molar-refractivity contribution in [3.8, 4) is 11.1 Å². The van der Waals surface area contributed by atoms with Crippen molar-refractivity contribution in [1.29, 1.82) is 0 Å². The number of hydrogen-bond donors (Lipinski definition) is 3. The molecule has 0 bridgehead atoms. The van der Waals surface area contributed by atoms with Gasteiger partial charge in [0.2, 0.25) is 0 Å². The van der Waals surface area contributed by atoms with E-state index in [-0.39, 0.29) is 41.1 Å². The number of fused-ring (bicyclic) bond motifs is 3. The zero-order valence-corrected chi connectivity index (χ0v) is 13.6. The minimum absolute atomic E-state index is 0. The van der Waals surface area contributed by atoms with Crippen LogP contribution in [0.5, 0.6) is 0 Å². The first-order valence-corrected chi connectivity index (χ1v) is 6.01. The molecule has 23 heavy (non-hydrogen) atoms. The van der Waals surface area contributed by atoms with Crippen molar-refractivity contribution >= 4 is 19.4 Å². The van der Waals surface area contributed by atoms with Crippen molar-refractivity contribution in [2.24, 2.45) is 0 Å². The minimum Gasteiger partial charge on any atom is -0.483 e. The van der Waals surface area contributed by atoms with E-state index in [0.717, 1.165) is 6.42 Å². The fraction of sp³-hybridized carbons (Fsp3) is 0.0625. The molecule has 0 unspecified atom stereocenters. The minimum atomic E-state index is -0.250. The topological polar surface area (TPSA) is 112 Å². The van der Waals surface area contributed by atoms with Gasteiger partial charge in [0.05, 0.1) is 0 Å². The molecule has 0 saturated carbocycles. The van der Waals surface area contributed by atoms with E-state index in [2.05, 4.69) is 42.5 Å². The molecule has 3 rings (SSSR count). The summed E-state index contributed by atoms with van der Waals surface area (Å²) in [5, 5.41) is 20.7. The summed E-state index contributed by atoms with van der Waals surface area (Å²) in [7, 11) is 0. The Kier molecular flexibility index (Phi) is 14.4. The van der Waals surface area contributed by atoms with Crippen molar-refractivity contribution in [3.63, 3.8) is 0 Å². The quantitative estimate of drug-likeness (QED) is 0.325. The Morgan fingerprint density at radius 2 is 1.30 bits per heavy atom. The summed E-state index contributed by atoms with van der Waals surface area (Å²) < 4.78 is 0. The zero-order valence-electron chi connectivity index (χ0n) is 12.0. The molecule has 120 valence electrons. The molecule has 0 amide bonds. The average molecular weight is 351 g/mol. The number of benzene rings is 2. The van der Waals surface area contributed by atoms with Crippen LogP contribution in [0.4, 0.5) is 0 Å². The molecule has 0 fully saturated rings. The van der Waals surface area contributed by atoms with Crippen molar-refractivity contribution in [1.82, 2.24) is 0 Å². The van der Waals surface area contributed by atoms with Gasteiger partial charge in [0.1, 0.15) is 0 Å². The van der Waals surface area contributed by atoms with E-state index in [1.54, 1.807) is 0 Å². The number of rotatable bonds is 0. The van der Waals surface area contributed by atoms with E-state index in [9.17, 15) is 0 Å². The van der Waals surface area contributed by atoms with Crippen LogP contribution >= 0.6 is 0 Å². The standard InChI is InChI=1S/C13H9.3CH2O2.Ti/c1-3-7-12-10(5-1)9-11-6-2-4-8-13(11)12;3*2-1-3;/h1-5,7-8H,9H2;3*1H,(H,2,3);/q-1;;;;. The molecule has 0 aliphatic heterocycles. The van der Waals surface area contributed by atoms with Gasteiger partial charge in [-0.15, -0.1) is 5.56 Å². The van der Waals surface area contributed by atoms with Crippen LogP contribution in [0.1, 0.15) is 11.1 Å². The molecule has 0 spiro atoms. The maximum atomic E-state index is 8.36. The summed E-state index contributed by atoms with van der Waals surface area (Å²) >= 11 is 0. The van der Waals surface area contributed by atoms with Crippen LogP contribution in [0.3, 0.4) is 0 Å². The fourth-order valence-corrected chi connectivity index (χ4v) is 2.00. The van der Waals surface area contributed by atoms with Crippen LogP contribution in [0.25, 0.3) is 11.1 Å². The Hall–Kier alpha value is -2.44. The molecular formula is C16H15O6Ti-. The Bertz CT molecular complexity index is 543. The van der Waals surface area contributed by atoms with E-state index in [4.69, 9.17) is 29.7 Å². The van der Waals surface area contributed by atoms with Crippen molar-refractivity contribution in [2.75, 3.05) is 0 Å².